The Morgan fingerprint density at radius 3 is 2.33 bits per heavy atom. The third-order valence-electron chi connectivity index (χ3n) is 2.98. The van der Waals surface area contributed by atoms with Crippen molar-refractivity contribution in [1.82, 2.24) is 0 Å². The van der Waals surface area contributed by atoms with Crippen molar-refractivity contribution in [3.63, 3.8) is 0 Å². The molecule has 1 rings (SSSR count). The Bertz CT molecular complexity index is 365. The summed E-state index contributed by atoms with van der Waals surface area (Å²) >= 11 is 0. The molecule has 82 valence electrons. The molecular weight excluding hydrogens is 182 g/mol. The highest BCUT2D eigenvalue weighted by Crippen LogP contribution is 2.32. The lowest BCUT2D eigenvalue weighted by Gasteiger charge is -2.06. The summed E-state index contributed by atoms with van der Waals surface area (Å²) in [7, 11) is 1.87. The Morgan fingerprint density at radius 1 is 1.27 bits per heavy atom. The normalized spacial score (nSPS) is 18.6. The summed E-state index contributed by atoms with van der Waals surface area (Å²) in [4.78, 5) is 4.38. The third kappa shape index (κ3) is 2.47. The number of nitrogens with zero attached hydrogens (tertiary/aromatic N) is 1. The van der Waals surface area contributed by atoms with E-state index in [-0.39, 0.29) is 0 Å². The second-order valence-electron chi connectivity index (χ2n) is 4.16. The van der Waals surface area contributed by atoms with E-state index in [0.717, 1.165) is 18.6 Å². The van der Waals surface area contributed by atoms with Gasteiger partial charge in [-0.3, -0.25) is 4.99 Å². The van der Waals surface area contributed by atoms with Gasteiger partial charge in [0.1, 0.15) is 0 Å². The van der Waals surface area contributed by atoms with Crippen LogP contribution in [0.15, 0.2) is 39.4 Å². The molecule has 0 spiro atoms. The molecule has 0 N–H and O–H groups in total. The topological polar surface area (TPSA) is 12.4 Å². The van der Waals surface area contributed by atoms with Crippen LogP contribution < -0.4 is 0 Å². The number of hydrogen-bond donors (Lipinski definition) is 0. The zero-order valence-corrected chi connectivity index (χ0v) is 10.5. The SMILES string of the molecule is CC/C=C\C(=NC)C1=C(C)CC(C)=C1C. The van der Waals surface area contributed by atoms with Gasteiger partial charge in [-0.1, -0.05) is 24.1 Å². The van der Waals surface area contributed by atoms with E-state index in [9.17, 15) is 0 Å². The van der Waals surface area contributed by atoms with Crippen LogP contribution in [0.5, 0.6) is 0 Å². The molecule has 0 atom stereocenters. The van der Waals surface area contributed by atoms with Crippen LogP contribution in [0.2, 0.25) is 0 Å². The summed E-state index contributed by atoms with van der Waals surface area (Å²) in [5.74, 6) is 0. The van der Waals surface area contributed by atoms with E-state index in [1.807, 2.05) is 7.05 Å². The Labute approximate surface area is 93.3 Å². The molecule has 0 aliphatic heterocycles. The first-order chi connectivity index (χ1) is 7.11. The zero-order valence-electron chi connectivity index (χ0n) is 10.5. The molecule has 0 aromatic rings. The van der Waals surface area contributed by atoms with Crippen LogP contribution >= 0.6 is 0 Å². The molecular formula is C14H21N. The van der Waals surface area contributed by atoms with E-state index in [1.165, 1.54) is 22.3 Å². The van der Waals surface area contributed by atoms with Gasteiger partial charge in [-0.15, -0.1) is 0 Å². The molecule has 0 radical (unpaired) electrons. The van der Waals surface area contributed by atoms with E-state index < -0.39 is 0 Å². The summed E-state index contributed by atoms with van der Waals surface area (Å²) in [5, 5.41) is 0. The van der Waals surface area contributed by atoms with Crippen molar-refractivity contribution in [1.29, 1.82) is 0 Å². The highest BCUT2D eigenvalue weighted by Gasteiger charge is 2.18. The molecule has 0 saturated heterocycles. The van der Waals surface area contributed by atoms with E-state index >= 15 is 0 Å². The molecule has 1 nitrogen and oxygen atoms in total. The van der Waals surface area contributed by atoms with Gasteiger partial charge < -0.3 is 0 Å². The van der Waals surface area contributed by atoms with Crippen LogP contribution in [0.25, 0.3) is 0 Å². The average Bonchev–Trinajstić information content (AvgIpc) is 2.45. The Morgan fingerprint density at radius 2 is 1.93 bits per heavy atom. The number of allylic oxidation sites excluding steroid dienone is 6. The van der Waals surface area contributed by atoms with E-state index in [1.54, 1.807) is 0 Å². The van der Waals surface area contributed by atoms with Gasteiger partial charge in [0.25, 0.3) is 0 Å². The minimum atomic E-state index is 1.06. The van der Waals surface area contributed by atoms with Crippen LogP contribution in [0.4, 0.5) is 0 Å². The highest BCUT2D eigenvalue weighted by atomic mass is 14.7. The molecule has 15 heavy (non-hydrogen) atoms. The second kappa shape index (κ2) is 5.11. The van der Waals surface area contributed by atoms with Gasteiger partial charge in [-0.2, -0.15) is 0 Å². The van der Waals surface area contributed by atoms with Gasteiger partial charge in [-0.05, 0) is 45.3 Å². The van der Waals surface area contributed by atoms with Gasteiger partial charge in [0, 0.05) is 12.6 Å². The predicted octanol–water partition coefficient (Wildman–Crippen LogP) is 4.08. The Balaban J connectivity index is 3.06. The maximum Gasteiger partial charge on any atom is 0.0642 e. The van der Waals surface area contributed by atoms with Crippen LogP contribution in [0.1, 0.15) is 40.5 Å². The van der Waals surface area contributed by atoms with Crippen molar-refractivity contribution in [3.05, 3.63) is 34.4 Å². The molecule has 0 aromatic carbocycles. The summed E-state index contributed by atoms with van der Waals surface area (Å²) < 4.78 is 0. The zero-order chi connectivity index (χ0) is 11.4. The summed E-state index contributed by atoms with van der Waals surface area (Å²) in [6.45, 7) is 8.77. The predicted molar refractivity (Wildman–Crippen MR) is 68.5 cm³/mol. The fourth-order valence-electron chi connectivity index (χ4n) is 2.06. The summed E-state index contributed by atoms with van der Waals surface area (Å²) in [5.41, 5.74) is 6.83. The maximum absolute atomic E-state index is 4.38. The molecule has 0 heterocycles. The summed E-state index contributed by atoms with van der Waals surface area (Å²) in [6.07, 6.45) is 6.48. The van der Waals surface area contributed by atoms with Crippen LogP contribution in [-0.4, -0.2) is 12.8 Å². The van der Waals surface area contributed by atoms with Crippen molar-refractivity contribution in [3.8, 4) is 0 Å². The lowest BCUT2D eigenvalue weighted by Crippen LogP contribution is -2.01. The van der Waals surface area contributed by atoms with E-state index in [2.05, 4.69) is 44.8 Å². The first-order valence-electron chi connectivity index (χ1n) is 5.62. The van der Waals surface area contributed by atoms with Crippen molar-refractivity contribution in [2.45, 2.75) is 40.5 Å². The molecule has 0 fully saturated rings. The van der Waals surface area contributed by atoms with Crippen LogP contribution in [0.3, 0.4) is 0 Å². The lowest BCUT2D eigenvalue weighted by molar-refractivity contribution is 1.14. The smallest absolute Gasteiger partial charge is 0.0642 e. The van der Waals surface area contributed by atoms with Gasteiger partial charge >= 0.3 is 0 Å². The standard InChI is InChI=1S/C14H21N/c1-6-7-8-13(15-5)14-11(3)9-10(2)12(14)4/h7-8H,6,9H2,1-5H3/b8-7-,15-13?. The molecule has 0 amide bonds. The van der Waals surface area contributed by atoms with Crippen LogP contribution in [-0.2, 0) is 0 Å². The fraction of sp³-hybridized carbons (Fsp3) is 0.500. The van der Waals surface area contributed by atoms with Gasteiger partial charge in [0.05, 0.1) is 5.71 Å². The fourth-order valence-corrected chi connectivity index (χ4v) is 2.06. The van der Waals surface area contributed by atoms with E-state index in [4.69, 9.17) is 0 Å². The maximum atomic E-state index is 4.38. The summed E-state index contributed by atoms with van der Waals surface area (Å²) in [6, 6.07) is 0. The second-order valence-corrected chi connectivity index (χ2v) is 4.16. The van der Waals surface area contributed by atoms with Crippen molar-refractivity contribution >= 4 is 5.71 Å². The van der Waals surface area contributed by atoms with Crippen molar-refractivity contribution in [2.75, 3.05) is 7.05 Å². The minimum Gasteiger partial charge on any atom is -0.288 e. The quantitative estimate of drug-likeness (QED) is 0.613. The number of rotatable bonds is 3. The van der Waals surface area contributed by atoms with E-state index in [0.29, 0.717) is 0 Å². The molecule has 0 aromatic heterocycles. The first kappa shape index (κ1) is 12.0. The first-order valence-corrected chi connectivity index (χ1v) is 5.62. The third-order valence-corrected chi connectivity index (χ3v) is 2.98. The average molecular weight is 203 g/mol. The molecule has 0 bridgehead atoms. The Kier molecular flexibility index (Phi) is 4.07. The van der Waals surface area contributed by atoms with Gasteiger partial charge in [0.15, 0.2) is 0 Å². The monoisotopic (exact) mass is 203 g/mol. The molecule has 1 aliphatic rings. The van der Waals surface area contributed by atoms with Crippen LogP contribution in [0, 0.1) is 0 Å². The molecule has 1 heteroatoms. The largest absolute Gasteiger partial charge is 0.288 e. The van der Waals surface area contributed by atoms with Crippen molar-refractivity contribution < 1.29 is 0 Å². The molecule has 0 saturated carbocycles. The van der Waals surface area contributed by atoms with Crippen molar-refractivity contribution in [2.24, 2.45) is 4.99 Å². The van der Waals surface area contributed by atoms with Gasteiger partial charge in [0.2, 0.25) is 0 Å². The molecule has 1 aliphatic carbocycles. The highest BCUT2D eigenvalue weighted by molar-refractivity contribution is 6.12. The van der Waals surface area contributed by atoms with Gasteiger partial charge in [-0.25, -0.2) is 0 Å². The minimum absolute atomic E-state index is 1.06. The number of aliphatic imine (C=N–C) groups is 1. The lowest BCUT2D eigenvalue weighted by atomic mass is 10.0. The number of hydrogen-bond acceptors (Lipinski definition) is 1. The molecule has 0 unspecified atom stereocenters. The Hall–Kier alpha value is -1.11.